The van der Waals surface area contributed by atoms with Gasteiger partial charge in [0.05, 0.1) is 11.1 Å². The number of carbonyl (C=O) groups excluding carboxylic acids is 1. The van der Waals surface area contributed by atoms with Gasteiger partial charge in [-0.2, -0.15) is 0 Å². The molecule has 0 atom stereocenters. The van der Waals surface area contributed by atoms with E-state index in [0.29, 0.717) is 12.4 Å². The zero-order valence-corrected chi connectivity index (χ0v) is 13.8. The highest BCUT2D eigenvalue weighted by atomic mass is 16.1. The molecule has 1 aromatic carbocycles. The summed E-state index contributed by atoms with van der Waals surface area (Å²) in [6.07, 6.45) is 2.21. The lowest BCUT2D eigenvalue weighted by Crippen LogP contribution is -2.30. The number of carbonyl (C=O) groups is 1. The number of nitrogens with one attached hydrogen (secondary N) is 1. The fourth-order valence-corrected chi connectivity index (χ4v) is 2.61. The van der Waals surface area contributed by atoms with Crippen molar-refractivity contribution in [3.63, 3.8) is 0 Å². The Morgan fingerprint density at radius 2 is 1.96 bits per heavy atom. The molecule has 0 spiro atoms. The SMILES string of the molecule is CNc1ncc2c(n1)-c1ccccc1CC(=O)C2(C)C.[C-]#[N+]C. The van der Waals surface area contributed by atoms with Crippen LogP contribution < -0.4 is 5.32 Å². The Balaban J connectivity index is 0.000000595. The molecule has 3 rings (SSSR count). The van der Waals surface area contributed by atoms with E-state index in [1.807, 2.05) is 38.1 Å². The van der Waals surface area contributed by atoms with Crippen molar-refractivity contribution in [2.24, 2.45) is 0 Å². The molecule has 118 valence electrons. The predicted octanol–water partition coefficient (Wildman–Crippen LogP) is 3.12. The number of Topliss-reactive ketones (excluding diaryl/α,β-unsaturated/α-hetero) is 1. The second-order valence-corrected chi connectivity index (χ2v) is 5.81. The van der Waals surface area contributed by atoms with Crippen LogP contribution >= 0.6 is 0 Å². The van der Waals surface area contributed by atoms with Crippen LogP contribution in [0.4, 0.5) is 5.95 Å². The van der Waals surface area contributed by atoms with Gasteiger partial charge >= 0.3 is 0 Å². The molecular formula is C18H20N4O. The van der Waals surface area contributed by atoms with E-state index in [1.165, 1.54) is 7.05 Å². The normalized spacial score (nSPS) is 14.3. The minimum absolute atomic E-state index is 0.199. The molecule has 0 radical (unpaired) electrons. The van der Waals surface area contributed by atoms with Gasteiger partial charge in [-0.05, 0) is 19.4 Å². The molecule has 2 aromatic rings. The van der Waals surface area contributed by atoms with Gasteiger partial charge in [0.1, 0.15) is 5.78 Å². The second-order valence-electron chi connectivity index (χ2n) is 5.81. The molecule has 0 unspecified atom stereocenters. The maximum absolute atomic E-state index is 12.5. The lowest BCUT2D eigenvalue weighted by Gasteiger charge is -2.23. The summed E-state index contributed by atoms with van der Waals surface area (Å²) in [4.78, 5) is 24.2. The van der Waals surface area contributed by atoms with Crippen molar-refractivity contribution >= 4 is 11.7 Å². The van der Waals surface area contributed by atoms with Crippen molar-refractivity contribution in [2.75, 3.05) is 19.4 Å². The van der Waals surface area contributed by atoms with Gasteiger partial charge in [0.15, 0.2) is 0 Å². The third-order valence-electron chi connectivity index (χ3n) is 4.01. The molecular weight excluding hydrogens is 288 g/mol. The molecule has 0 saturated carbocycles. The molecule has 5 nitrogen and oxygen atoms in total. The molecule has 1 aliphatic rings. The molecule has 23 heavy (non-hydrogen) atoms. The first-order valence-corrected chi connectivity index (χ1v) is 7.38. The summed E-state index contributed by atoms with van der Waals surface area (Å²) < 4.78 is 0. The Labute approximate surface area is 136 Å². The van der Waals surface area contributed by atoms with Crippen LogP contribution in [0.2, 0.25) is 0 Å². The number of ketones is 1. The summed E-state index contributed by atoms with van der Waals surface area (Å²) in [5.74, 6) is 0.771. The van der Waals surface area contributed by atoms with Crippen molar-refractivity contribution in [3.05, 3.63) is 53.0 Å². The number of benzene rings is 1. The summed E-state index contributed by atoms with van der Waals surface area (Å²) in [7, 11) is 3.21. The maximum atomic E-state index is 12.5. The van der Waals surface area contributed by atoms with Crippen molar-refractivity contribution in [1.82, 2.24) is 9.97 Å². The average molecular weight is 308 g/mol. The van der Waals surface area contributed by atoms with E-state index >= 15 is 0 Å². The van der Waals surface area contributed by atoms with Crippen LogP contribution in [-0.4, -0.2) is 29.8 Å². The van der Waals surface area contributed by atoms with Crippen LogP contribution in [0, 0.1) is 6.57 Å². The standard InChI is InChI=1S/C16H17N3O.C2H3N/c1-16(2)12-9-18-15(17-3)19-14(12)11-7-5-4-6-10(11)8-13(16)20;1-3-2/h4-7,9H,8H2,1-3H3,(H,17,18,19);1H3. The Hall–Kier alpha value is -2.74. The van der Waals surface area contributed by atoms with E-state index in [9.17, 15) is 4.79 Å². The van der Waals surface area contributed by atoms with Gasteiger partial charge in [0.2, 0.25) is 13.0 Å². The van der Waals surface area contributed by atoms with Crippen molar-refractivity contribution < 1.29 is 4.79 Å². The molecule has 1 aromatic heterocycles. The van der Waals surface area contributed by atoms with Gasteiger partial charge in [0, 0.05) is 30.8 Å². The minimum Gasteiger partial charge on any atom is -0.357 e. The summed E-state index contributed by atoms with van der Waals surface area (Å²) in [5, 5.41) is 2.96. The first-order valence-electron chi connectivity index (χ1n) is 7.38. The van der Waals surface area contributed by atoms with E-state index in [-0.39, 0.29) is 5.78 Å². The molecule has 5 heteroatoms. The van der Waals surface area contributed by atoms with Crippen molar-refractivity contribution in [2.45, 2.75) is 25.7 Å². The molecule has 0 saturated heterocycles. The van der Waals surface area contributed by atoms with Crippen molar-refractivity contribution in [3.8, 4) is 11.3 Å². The predicted molar refractivity (Wildman–Crippen MR) is 91.3 cm³/mol. The number of fused-ring (bicyclic) bond motifs is 3. The minimum atomic E-state index is -0.569. The van der Waals surface area contributed by atoms with Crippen LogP contribution in [0.1, 0.15) is 25.0 Å². The second kappa shape index (κ2) is 6.57. The van der Waals surface area contributed by atoms with E-state index < -0.39 is 5.41 Å². The monoisotopic (exact) mass is 308 g/mol. The zero-order valence-electron chi connectivity index (χ0n) is 13.8. The average Bonchev–Trinajstić information content (AvgIpc) is 2.62. The fourth-order valence-electron chi connectivity index (χ4n) is 2.61. The van der Waals surface area contributed by atoms with Gasteiger partial charge < -0.3 is 10.2 Å². The molecule has 0 fully saturated rings. The summed E-state index contributed by atoms with van der Waals surface area (Å²) >= 11 is 0. The Bertz CT molecular complexity index is 775. The molecule has 0 bridgehead atoms. The Morgan fingerprint density at radius 3 is 2.61 bits per heavy atom. The molecule has 1 aliphatic carbocycles. The third kappa shape index (κ3) is 3.07. The number of hydrogen-bond donors (Lipinski definition) is 1. The lowest BCUT2D eigenvalue weighted by atomic mass is 9.80. The van der Waals surface area contributed by atoms with Gasteiger partial charge in [-0.15, -0.1) is 0 Å². The van der Waals surface area contributed by atoms with Gasteiger partial charge in [-0.1, -0.05) is 24.3 Å². The van der Waals surface area contributed by atoms with Crippen LogP contribution in [-0.2, 0) is 16.6 Å². The molecule has 1 heterocycles. The highest BCUT2D eigenvalue weighted by Gasteiger charge is 2.36. The van der Waals surface area contributed by atoms with Gasteiger partial charge in [-0.25, -0.2) is 16.5 Å². The van der Waals surface area contributed by atoms with E-state index in [4.69, 9.17) is 6.57 Å². The number of anilines is 1. The number of rotatable bonds is 1. The van der Waals surface area contributed by atoms with E-state index in [1.54, 1.807) is 13.2 Å². The number of aromatic nitrogens is 2. The van der Waals surface area contributed by atoms with Crippen LogP contribution in [0.5, 0.6) is 0 Å². The first-order chi connectivity index (χ1) is 11.0. The highest BCUT2D eigenvalue weighted by molar-refractivity contribution is 5.96. The molecule has 1 N–H and O–H groups in total. The topological polar surface area (TPSA) is 59.2 Å². The largest absolute Gasteiger partial charge is 0.357 e. The Kier molecular flexibility index (Phi) is 4.75. The van der Waals surface area contributed by atoms with Crippen LogP contribution in [0.3, 0.4) is 0 Å². The van der Waals surface area contributed by atoms with Crippen molar-refractivity contribution in [1.29, 1.82) is 0 Å². The first kappa shape index (κ1) is 16.6. The number of hydrogen-bond acceptors (Lipinski definition) is 4. The quantitative estimate of drug-likeness (QED) is 0.822. The van der Waals surface area contributed by atoms with Gasteiger partial charge in [-0.3, -0.25) is 4.79 Å². The van der Waals surface area contributed by atoms with E-state index in [2.05, 4.69) is 20.1 Å². The summed E-state index contributed by atoms with van der Waals surface area (Å²) in [6.45, 7) is 9.73. The fraction of sp³-hybridized carbons (Fsp3) is 0.333. The smallest absolute Gasteiger partial charge is 0.222 e. The Morgan fingerprint density at radius 1 is 1.30 bits per heavy atom. The van der Waals surface area contributed by atoms with Gasteiger partial charge in [0.25, 0.3) is 0 Å². The molecule has 0 amide bonds. The lowest BCUT2D eigenvalue weighted by molar-refractivity contribution is -0.122. The van der Waals surface area contributed by atoms with Crippen LogP contribution in [0.25, 0.3) is 16.1 Å². The highest BCUT2D eigenvalue weighted by Crippen LogP contribution is 2.38. The maximum Gasteiger partial charge on any atom is 0.222 e. The third-order valence-corrected chi connectivity index (χ3v) is 4.01. The zero-order chi connectivity index (χ0) is 17.0. The van der Waals surface area contributed by atoms with Crippen LogP contribution in [0.15, 0.2) is 30.5 Å². The number of nitrogens with zero attached hydrogens (tertiary/aromatic N) is 3. The molecule has 0 aliphatic heterocycles. The summed E-state index contributed by atoms with van der Waals surface area (Å²) in [5.41, 5.74) is 3.24. The summed E-state index contributed by atoms with van der Waals surface area (Å²) in [6, 6.07) is 7.96. The van der Waals surface area contributed by atoms with E-state index in [0.717, 1.165) is 22.4 Å².